The predicted molar refractivity (Wildman–Crippen MR) is 172 cm³/mol. The number of hydrogen-bond acceptors (Lipinski definition) is 10. The van der Waals surface area contributed by atoms with E-state index in [2.05, 4.69) is 34.5 Å². The summed E-state index contributed by atoms with van der Waals surface area (Å²) in [5.74, 6) is 0.0568. The van der Waals surface area contributed by atoms with Gasteiger partial charge in [0.15, 0.2) is 0 Å². The minimum Gasteiger partial charge on any atom is -0.449 e. The minimum absolute atomic E-state index is 0.0568. The van der Waals surface area contributed by atoms with Crippen LogP contribution in [0.3, 0.4) is 0 Å². The van der Waals surface area contributed by atoms with Gasteiger partial charge in [-0.3, -0.25) is 0 Å². The summed E-state index contributed by atoms with van der Waals surface area (Å²) in [7, 11) is 4.04. The number of nitrogens with zero attached hydrogens (tertiary/aromatic N) is 1. The summed E-state index contributed by atoms with van der Waals surface area (Å²) in [5, 5.41) is 2.80. The summed E-state index contributed by atoms with van der Waals surface area (Å²) in [6.07, 6.45) is 0.284. The lowest BCUT2D eigenvalue weighted by molar-refractivity contribution is -0.0208. The molecular formula is C34H52N2O9. The van der Waals surface area contributed by atoms with Crippen molar-refractivity contribution < 1.29 is 42.7 Å². The SMILES string of the molecule is CN(C)CCOCCOCCOCCOCCOCCOCCOCCCNC(=O)OCC1c2ccccc2-c2ccccc21. The van der Waals surface area contributed by atoms with Gasteiger partial charge in [-0.2, -0.15) is 0 Å². The minimum atomic E-state index is -0.409. The van der Waals surface area contributed by atoms with Crippen LogP contribution >= 0.6 is 0 Å². The monoisotopic (exact) mass is 632 g/mol. The molecule has 1 amide bonds. The van der Waals surface area contributed by atoms with Gasteiger partial charge in [0, 0.05) is 25.6 Å². The van der Waals surface area contributed by atoms with E-state index in [1.807, 2.05) is 38.4 Å². The average Bonchev–Trinajstić information content (AvgIpc) is 3.37. The third-order valence-corrected chi connectivity index (χ3v) is 6.99. The van der Waals surface area contributed by atoms with Gasteiger partial charge in [-0.05, 0) is 42.8 Å². The lowest BCUT2D eigenvalue weighted by Gasteiger charge is -2.14. The fourth-order valence-corrected chi connectivity index (χ4v) is 4.68. The number of hydrogen-bond donors (Lipinski definition) is 1. The van der Waals surface area contributed by atoms with E-state index in [1.54, 1.807) is 0 Å². The average molecular weight is 633 g/mol. The predicted octanol–water partition coefficient (Wildman–Crippen LogP) is 3.59. The highest BCUT2D eigenvalue weighted by Crippen LogP contribution is 2.44. The first-order chi connectivity index (χ1) is 22.2. The van der Waals surface area contributed by atoms with Crippen LogP contribution in [0.25, 0.3) is 11.1 Å². The van der Waals surface area contributed by atoms with Crippen LogP contribution in [0.4, 0.5) is 4.79 Å². The lowest BCUT2D eigenvalue weighted by atomic mass is 9.98. The number of carbonyl (C=O) groups is 1. The zero-order valence-corrected chi connectivity index (χ0v) is 27.0. The van der Waals surface area contributed by atoms with Gasteiger partial charge < -0.3 is 48.1 Å². The summed E-state index contributed by atoms with van der Waals surface area (Å²) in [5.41, 5.74) is 4.83. The van der Waals surface area contributed by atoms with Crippen LogP contribution in [0.15, 0.2) is 48.5 Å². The Morgan fingerprint density at radius 2 is 1.00 bits per heavy atom. The van der Waals surface area contributed by atoms with Gasteiger partial charge in [0.2, 0.25) is 0 Å². The lowest BCUT2D eigenvalue weighted by Crippen LogP contribution is -2.27. The highest BCUT2D eigenvalue weighted by atomic mass is 16.6. The molecule has 11 heteroatoms. The third-order valence-electron chi connectivity index (χ3n) is 6.99. The van der Waals surface area contributed by atoms with Crippen LogP contribution in [0.2, 0.25) is 0 Å². The first-order valence-electron chi connectivity index (χ1n) is 15.9. The maximum absolute atomic E-state index is 12.2. The van der Waals surface area contributed by atoms with E-state index in [4.69, 9.17) is 37.9 Å². The number of amides is 1. The largest absolute Gasteiger partial charge is 0.449 e. The Labute approximate surface area is 268 Å². The highest BCUT2D eigenvalue weighted by Gasteiger charge is 2.28. The molecular weight excluding hydrogens is 580 g/mol. The third kappa shape index (κ3) is 15.5. The number of fused-ring (bicyclic) bond motifs is 3. The maximum atomic E-state index is 12.2. The molecule has 2 aromatic carbocycles. The van der Waals surface area contributed by atoms with Crippen molar-refractivity contribution in [3.63, 3.8) is 0 Å². The number of alkyl carbamates (subject to hydrolysis) is 1. The molecule has 1 aliphatic carbocycles. The van der Waals surface area contributed by atoms with Gasteiger partial charge in [0.25, 0.3) is 0 Å². The van der Waals surface area contributed by atoms with E-state index >= 15 is 0 Å². The number of benzene rings is 2. The number of ether oxygens (including phenoxy) is 8. The van der Waals surface area contributed by atoms with Crippen molar-refractivity contribution in [1.29, 1.82) is 0 Å². The second kappa shape index (κ2) is 23.7. The maximum Gasteiger partial charge on any atom is 0.407 e. The van der Waals surface area contributed by atoms with E-state index in [9.17, 15) is 4.79 Å². The number of rotatable bonds is 27. The Bertz CT molecular complexity index is 1010. The van der Waals surface area contributed by atoms with Crippen molar-refractivity contribution >= 4 is 6.09 Å². The Balaban J connectivity index is 1.02. The number of nitrogens with one attached hydrogen (secondary N) is 1. The quantitative estimate of drug-likeness (QED) is 0.147. The fraction of sp³-hybridized carbons (Fsp3) is 0.618. The van der Waals surface area contributed by atoms with Crippen molar-refractivity contribution in [3.8, 4) is 11.1 Å². The Morgan fingerprint density at radius 3 is 1.44 bits per heavy atom. The molecule has 0 unspecified atom stereocenters. The van der Waals surface area contributed by atoms with Crippen LogP contribution in [0, 0.1) is 0 Å². The first-order valence-corrected chi connectivity index (χ1v) is 15.9. The smallest absolute Gasteiger partial charge is 0.407 e. The van der Waals surface area contributed by atoms with Crippen LogP contribution in [-0.4, -0.2) is 137 Å². The second-order valence-electron chi connectivity index (χ2n) is 10.7. The molecule has 0 heterocycles. The van der Waals surface area contributed by atoms with E-state index in [1.165, 1.54) is 22.3 Å². The molecule has 0 radical (unpaired) electrons. The number of carbonyl (C=O) groups excluding carboxylic acids is 1. The molecule has 252 valence electrons. The van der Waals surface area contributed by atoms with E-state index < -0.39 is 6.09 Å². The molecule has 0 atom stereocenters. The molecule has 1 aliphatic rings. The summed E-state index contributed by atoms with van der Waals surface area (Å²) >= 11 is 0. The van der Waals surface area contributed by atoms with Gasteiger partial charge in [0.1, 0.15) is 6.61 Å². The van der Waals surface area contributed by atoms with Crippen molar-refractivity contribution in [2.24, 2.45) is 0 Å². The summed E-state index contributed by atoms with van der Waals surface area (Å²) < 4.78 is 44.0. The summed E-state index contributed by atoms with van der Waals surface area (Å²) in [6.45, 7) is 9.26. The molecule has 0 bridgehead atoms. The molecule has 3 rings (SSSR count). The first kappa shape index (κ1) is 36.9. The van der Waals surface area contributed by atoms with Crippen molar-refractivity contribution in [3.05, 3.63) is 59.7 Å². The normalized spacial score (nSPS) is 12.4. The van der Waals surface area contributed by atoms with E-state index in [-0.39, 0.29) is 5.92 Å². The molecule has 45 heavy (non-hydrogen) atoms. The van der Waals surface area contributed by atoms with Gasteiger partial charge in [-0.15, -0.1) is 0 Å². The van der Waals surface area contributed by atoms with Gasteiger partial charge in [-0.25, -0.2) is 4.79 Å². The van der Waals surface area contributed by atoms with Gasteiger partial charge in [0.05, 0.1) is 85.9 Å². The molecule has 0 saturated carbocycles. The molecule has 1 N–H and O–H groups in total. The van der Waals surface area contributed by atoms with Crippen molar-refractivity contribution in [1.82, 2.24) is 10.2 Å². The molecule has 0 fully saturated rings. The van der Waals surface area contributed by atoms with Crippen molar-refractivity contribution in [2.75, 3.05) is 126 Å². The Hall–Kier alpha value is -2.61. The number of likely N-dealkylation sites (N-methyl/N-ethyl adjacent to an activating group) is 1. The molecule has 11 nitrogen and oxygen atoms in total. The zero-order chi connectivity index (χ0) is 31.8. The molecule has 0 aromatic heterocycles. The van der Waals surface area contributed by atoms with Gasteiger partial charge in [-0.1, -0.05) is 48.5 Å². The van der Waals surface area contributed by atoms with Crippen LogP contribution in [-0.2, 0) is 37.9 Å². The van der Waals surface area contributed by atoms with Gasteiger partial charge >= 0.3 is 6.09 Å². The summed E-state index contributed by atoms with van der Waals surface area (Å²) in [6, 6.07) is 16.6. The molecule has 2 aromatic rings. The van der Waals surface area contributed by atoms with Crippen LogP contribution in [0.5, 0.6) is 0 Å². The Kier molecular flexibility index (Phi) is 19.4. The topological polar surface area (TPSA) is 106 Å². The standard InChI is InChI=1S/C34H52N2O9/c1-36(2)13-15-39-17-19-41-21-23-43-25-27-44-26-24-42-22-20-40-18-16-38-14-7-12-35-34(37)45-28-33-31-10-5-3-8-29(31)30-9-4-6-11-32(30)33/h3-6,8-11,33H,7,12-28H2,1-2H3,(H,35,37). The molecule has 0 spiro atoms. The van der Waals surface area contributed by atoms with Crippen LogP contribution in [0.1, 0.15) is 23.5 Å². The van der Waals surface area contributed by atoms with E-state index in [0.717, 1.165) is 6.54 Å². The highest BCUT2D eigenvalue weighted by molar-refractivity contribution is 5.79. The zero-order valence-electron chi connectivity index (χ0n) is 27.0. The molecule has 0 saturated heterocycles. The molecule has 0 aliphatic heterocycles. The second-order valence-corrected chi connectivity index (χ2v) is 10.7. The fourth-order valence-electron chi connectivity index (χ4n) is 4.68. The summed E-state index contributed by atoms with van der Waals surface area (Å²) in [4.78, 5) is 14.3. The van der Waals surface area contributed by atoms with E-state index in [0.29, 0.717) is 112 Å². The van der Waals surface area contributed by atoms with Crippen molar-refractivity contribution in [2.45, 2.75) is 12.3 Å². The van der Waals surface area contributed by atoms with Crippen LogP contribution < -0.4 is 5.32 Å². The Morgan fingerprint density at radius 1 is 0.600 bits per heavy atom.